The summed E-state index contributed by atoms with van der Waals surface area (Å²) in [5.41, 5.74) is -0.0603. The number of ether oxygens (including phenoxy) is 1. The van der Waals surface area contributed by atoms with Crippen LogP contribution < -0.4 is 4.74 Å². The summed E-state index contributed by atoms with van der Waals surface area (Å²) in [4.78, 5) is 0. The van der Waals surface area contributed by atoms with Gasteiger partial charge in [-0.1, -0.05) is 17.7 Å². The quantitative estimate of drug-likeness (QED) is 0.875. The second kappa shape index (κ2) is 4.27. The van der Waals surface area contributed by atoms with Gasteiger partial charge in [0.2, 0.25) is 0 Å². The molecule has 1 aliphatic rings. The van der Waals surface area contributed by atoms with Gasteiger partial charge in [0, 0.05) is 0 Å². The summed E-state index contributed by atoms with van der Waals surface area (Å²) in [7, 11) is 0. The van der Waals surface area contributed by atoms with Gasteiger partial charge in [0.1, 0.15) is 5.75 Å². The van der Waals surface area contributed by atoms with Crippen LogP contribution in [0.15, 0.2) is 18.2 Å². The smallest absolute Gasteiger partial charge is 0.137 e. The number of benzene rings is 1. The van der Waals surface area contributed by atoms with E-state index in [1.165, 1.54) is 12.8 Å². The van der Waals surface area contributed by atoms with Crippen LogP contribution in [0.3, 0.4) is 0 Å². The second-order valence-electron chi connectivity index (χ2n) is 4.96. The molecule has 1 aliphatic carbocycles. The summed E-state index contributed by atoms with van der Waals surface area (Å²) in [6, 6.07) is 5.45. The van der Waals surface area contributed by atoms with Crippen molar-refractivity contribution in [2.45, 2.75) is 32.3 Å². The van der Waals surface area contributed by atoms with Gasteiger partial charge < -0.3 is 9.84 Å². The van der Waals surface area contributed by atoms with E-state index < -0.39 is 5.60 Å². The molecule has 0 atom stereocenters. The molecule has 0 heterocycles. The van der Waals surface area contributed by atoms with Gasteiger partial charge in [-0.15, -0.1) is 0 Å². The van der Waals surface area contributed by atoms with Gasteiger partial charge in [0.05, 0.1) is 17.2 Å². The van der Waals surface area contributed by atoms with E-state index >= 15 is 0 Å². The molecule has 0 spiro atoms. The van der Waals surface area contributed by atoms with Crippen LogP contribution >= 0.6 is 11.6 Å². The molecule has 0 bridgehead atoms. The average Bonchev–Trinajstić information content (AvgIpc) is 2.98. The van der Waals surface area contributed by atoms with Crippen molar-refractivity contribution >= 4 is 11.6 Å². The Bertz CT molecular complexity index is 378. The Morgan fingerprint density at radius 3 is 2.62 bits per heavy atom. The highest BCUT2D eigenvalue weighted by atomic mass is 35.5. The summed E-state index contributed by atoms with van der Waals surface area (Å²) in [5, 5.41) is 10.4. The maximum Gasteiger partial charge on any atom is 0.137 e. The van der Waals surface area contributed by atoms with E-state index in [4.69, 9.17) is 16.3 Å². The topological polar surface area (TPSA) is 29.5 Å². The molecule has 1 aromatic carbocycles. The van der Waals surface area contributed by atoms with Crippen LogP contribution in [0.25, 0.3) is 0 Å². The Kier molecular flexibility index (Phi) is 3.13. The monoisotopic (exact) mass is 240 g/mol. The zero-order valence-electron chi connectivity index (χ0n) is 9.66. The first kappa shape index (κ1) is 11.7. The van der Waals surface area contributed by atoms with Gasteiger partial charge in [-0.05, 0) is 50.3 Å². The summed E-state index contributed by atoms with van der Waals surface area (Å²) in [5.74, 6) is 1.42. The molecular weight excluding hydrogens is 224 g/mol. The van der Waals surface area contributed by atoms with Gasteiger partial charge in [0.25, 0.3) is 0 Å². The molecule has 1 saturated carbocycles. The lowest BCUT2D eigenvalue weighted by atomic mass is 9.98. The van der Waals surface area contributed by atoms with Gasteiger partial charge in [0.15, 0.2) is 0 Å². The maximum atomic E-state index is 9.83. The first-order chi connectivity index (χ1) is 7.47. The van der Waals surface area contributed by atoms with Gasteiger partial charge in [-0.2, -0.15) is 0 Å². The molecule has 0 radical (unpaired) electrons. The Morgan fingerprint density at radius 1 is 1.44 bits per heavy atom. The summed E-state index contributed by atoms with van der Waals surface area (Å²) in [6.45, 7) is 4.23. The maximum absolute atomic E-state index is 9.83. The highest BCUT2D eigenvalue weighted by molar-refractivity contribution is 6.32. The molecular formula is C13H17ClO2. The van der Waals surface area contributed by atoms with E-state index in [0.29, 0.717) is 16.7 Å². The molecule has 3 heteroatoms. The number of aliphatic hydroxyl groups is 1. The minimum Gasteiger partial charge on any atom is -0.492 e. The van der Waals surface area contributed by atoms with Crippen molar-refractivity contribution in [2.24, 2.45) is 5.92 Å². The van der Waals surface area contributed by atoms with Crippen LogP contribution in [0.1, 0.15) is 32.3 Å². The van der Waals surface area contributed by atoms with Crippen molar-refractivity contribution < 1.29 is 9.84 Å². The van der Waals surface area contributed by atoms with E-state index in [1.807, 2.05) is 12.1 Å². The van der Waals surface area contributed by atoms with Gasteiger partial charge >= 0.3 is 0 Å². The molecule has 0 aromatic heterocycles. The molecule has 0 aliphatic heterocycles. The predicted octanol–water partition coefficient (Wildman–Crippen LogP) is 3.36. The fraction of sp³-hybridized carbons (Fsp3) is 0.538. The number of hydrogen-bond acceptors (Lipinski definition) is 2. The highest BCUT2D eigenvalue weighted by Gasteiger charge is 2.23. The molecule has 1 aromatic rings. The third-order valence-electron chi connectivity index (χ3n) is 2.81. The zero-order chi connectivity index (χ0) is 11.8. The van der Waals surface area contributed by atoms with Crippen molar-refractivity contribution in [1.29, 1.82) is 0 Å². The summed E-state index contributed by atoms with van der Waals surface area (Å²) in [6.07, 6.45) is 2.53. The Morgan fingerprint density at radius 2 is 2.12 bits per heavy atom. The van der Waals surface area contributed by atoms with E-state index in [2.05, 4.69) is 0 Å². The second-order valence-corrected chi connectivity index (χ2v) is 5.37. The third kappa shape index (κ3) is 2.89. The van der Waals surface area contributed by atoms with E-state index in [9.17, 15) is 5.11 Å². The minimum absolute atomic E-state index is 0.570. The van der Waals surface area contributed by atoms with Gasteiger partial charge in [-0.25, -0.2) is 0 Å². The highest BCUT2D eigenvalue weighted by Crippen LogP contribution is 2.33. The molecule has 88 valence electrons. The van der Waals surface area contributed by atoms with Crippen LogP contribution in [0.2, 0.25) is 5.02 Å². The van der Waals surface area contributed by atoms with Crippen molar-refractivity contribution in [1.82, 2.24) is 0 Å². The largest absolute Gasteiger partial charge is 0.492 e. The van der Waals surface area contributed by atoms with Crippen LogP contribution in [0.5, 0.6) is 5.75 Å². The number of halogens is 1. The van der Waals surface area contributed by atoms with Crippen molar-refractivity contribution in [3.8, 4) is 5.75 Å². The van der Waals surface area contributed by atoms with Crippen LogP contribution in [0.4, 0.5) is 0 Å². The normalized spacial score (nSPS) is 16.2. The Labute approximate surface area is 101 Å². The lowest BCUT2D eigenvalue weighted by Gasteiger charge is -2.18. The predicted molar refractivity (Wildman–Crippen MR) is 64.9 cm³/mol. The SMILES string of the molecule is CC(C)(O)c1ccc(OCC2CC2)c(Cl)c1. The number of hydrogen-bond donors (Lipinski definition) is 1. The third-order valence-corrected chi connectivity index (χ3v) is 3.11. The molecule has 1 N–H and O–H groups in total. The number of rotatable bonds is 4. The van der Waals surface area contributed by atoms with Gasteiger partial charge in [-0.3, -0.25) is 0 Å². The standard InChI is InChI=1S/C13H17ClO2/c1-13(2,15)10-5-6-12(11(14)7-10)16-8-9-3-4-9/h5-7,9,15H,3-4,8H2,1-2H3. The Balaban J connectivity index is 2.09. The first-order valence-corrected chi connectivity index (χ1v) is 6.00. The molecule has 16 heavy (non-hydrogen) atoms. The molecule has 1 fully saturated rings. The average molecular weight is 241 g/mol. The summed E-state index contributed by atoms with van der Waals surface area (Å²) >= 11 is 6.10. The first-order valence-electron chi connectivity index (χ1n) is 5.62. The van der Waals surface area contributed by atoms with Crippen LogP contribution in [-0.4, -0.2) is 11.7 Å². The van der Waals surface area contributed by atoms with E-state index in [1.54, 1.807) is 19.9 Å². The molecule has 2 rings (SSSR count). The fourth-order valence-electron chi connectivity index (χ4n) is 1.49. The summed E-state index contributed by atoms with van der Waals surface area (Å²) < 4.78 is 5.61. The van der Waals surface area contributed by atoms with Crippen molar-refractivity contribution in [2.75, 3.05) is 6.61 Å². The molecule has 0 unspecified atom stereocenters. The lowest BCUT2D eigenvalue weighted by molar-refractivity contribution is 0.0785. The van der Waals surface area contributed by atoms with E-state index in [0.717, 1.165) is 12.2 Å². The molecule has 0 amide bonds. The van der Waals surface area contributed by atoms with Crippen molar-refractivity contribution in [3.05, 3.63) is 28.8 Å². The van der Waals surface area contributed by atoms with Crippen LogP contribution in [0, 0.1) is 5.92 Å². The van der Waals surface area contributed by atoms with E-state index in [-0.39, 0.29) is 0 Å². The molecule has 0 saturated heterocycles. The molecule has 2 nitrogen and oxygen atoms in total. The Hall–Kier alpha value is -0.730. The van der Waals surface area contributed by atoms with Crippen molar-refractivity contribution in [3.63, 3.8) is 0 Å². The lowest BCUT2D eigenvalue weighted by Crippen LogP contribution is -2.15. The van der Waals surface area contributed by atoms with Crippen LogP contribution in [-0.2, 0) is 5.60 Å². The zero-order valence-corrected chi connectivity index (χ0v) is 10.4. The minimum atomic E-state index is -0.862. The fourth-order valence-corrected chi connectivity index (χ4v) is 1.73.